The first-order valence-corrected chi connectivity index (χ1v) is 10.5. The Morgan fingerprint density at radius 2 is 2.04 bits per heavy atom. The molecule has 2 atom stereocenters. The van der Waals surface area contributed by atoms with Crippen LogP contribution in [0.5, 0.6) is 0 Å². The third-order valence-electron chi connectivity index (χ3n) is 6.47. The van der Waals surface area contributed by atoms with Gasteiger partial charge in [0.25, 0.3) is 0 Å². The normalized spacial score (nSPS) is 26.5. The molecule has 27 heavy (non-hydrogen) atoms. The summed E-state index contributed by atoms with van der Waals surface area (Å²) >= 11 is 1.38. The summed E-state index contributed by atoms with van der Waals surface area (Å²) < 4.78 is 0. The molecule has 3 amide bonds. The summed E-state index contributed by atoms with van der Waals surface area (Å²) in [6.07, 6.45) is 4.05. The fraction of sp³-hybridized carbons (Fsp3) is 0.737. The van der Waals surface area contributed by atoms with Gasteiger partial charge in [-0.1, -0.05) is 39.0 Å². The number of nitrogens with zero attached hydrogens (tertiary/aromatic N) is 3. The van der Waals surface area contributed by atoms with Crippen molar-refractivity contribution in [3.8, 4) is 0 Å². The van der Waals surface area contributed by atoms with Gasteiger partial charge in [0, 0.05) is 25.3 Å². The van der Waals surface area contributed by atoms with Crippen LogP contribution >= 0.6 is 11.3 Å². The average molecular weight is 393 g/mol. The third-order valence-corrected chi connectivity index (χ3v) is 7.37. The maximum Gasteiger partial charge on any atom is 0.235 e. The smallest absolute Gasteiger partial charge is 0.235 e. The van der Waals surface area contributed by atoms with Gasteiger partial charge in [0.15, 0.2) is 0 Å². The molecule has 1 aliphatic heterocycles. The van der Waals surface area contributed by atoms with Gasteiger partial charge in [-0.3, -0.25) is 19.3 Å². The van der Waals surface area contributed by atoms with Crippen molar-refractivity contribution in [2.75, 3.05) is 11.9 Å². The number of carbonyl (C=O) groups excluding carboxylic acids is 3. The number of aromatic nitrogens is 2. The number of carbonyl (C=O) groups is 3. The highest BCUT2D eigenvalue weighted by Crippen LogP contribution is 2.60. The molecule has 0 radical (unpaired) electrons. The van der Waals surface area contributed by atoms with Gasteiger partial charge in [0.1, 0.15) is 5.01 Å². The molecule has 1 N–H and O–H groups in total. The second-order valence-electron chi connectivity index (χ2n) is 8.34. The molecule has 1 aliphatic carbocycles. The van der Waals surface area contributed by atoms with Crippen LogP contribution in [0.1, 0.15) is 64.8 Å². The zero-order valence-electron chi connectivity index (χ0n) is 16.5. The van der Waals surface area contributed by atoms with Crippen molar-refractivity contribution < 1.29 is 14.4 Å². The predicted octanol–water partition coefficient (Wildman–Crippen LogP) is 3.02. The summed E-state index contributed by atoms with van der Waals surface area (Å²) in [7, 11) is 0. The Bertz CT molecular complexity index is 760. The van der Waals surface area contributed by atoms with E-state index in [-0.39, 0.29) is 35.5 Å². The van der Waals surface area contributed by atoms with Crippen LogP contribution in [0.2, 0.25) is 0 Å². The van der Waals surface area contributed by atoms with Gasteiger partial charge in [-0.05, 0) is 31.1 Å². The lowest BCUT2D eigenvalue weighted by Crippen LogP contribution is -2.59. The largest absolute Gasteiger partial charge is 0.301 e. The topological polar surface area (TPSA) is 92.3 Å². The number of amides is 3. The van der Waals surface area contributed by atoms with Crippen molar-refractivity contribution in [3.05, 3.63) is 5.01 Å². The van der Waals surface area contributed by atoms with E-state index in [0.717, 1.165) is 30.7 Å². The second-order valence-corrected chi connectivity index (χ2v) is 9.40. The number of fused-ring (bicyclic) bond motifs is 2. The zero-order valence-corrected chi connectivity index (χ0v) is 17.3. The number of aryl methyl sites for hydroxylation is 1. The van der Waals surface area contributed by atoms with Crippen LogP contribution in [0.3, 0.4) is 0 Å². The predicted molar refractivity (Wildman–Crippen MR) is 103 cm³/mol. The van der Waals surface area contributed by atoms with Gasteiger partial charge in [0.05, 0.1) is 5.41 Å². The molecule has 2 heterocycles. The van der Waals surface area contributed by atoms with Gasteiger partial charge >= 0.3 is 0 Å². The fourth-order valence-electron chi connectivity index (χ4n) is 4.31. The lowest BCUT2D eigenvalue weighted by Gasteiger charge is -2.47. The summed E-state index contributed by atoms with van der Waals surface area (Å²) in [5.74, 6) is -0.429. The molecule has 2 fully saturated rings. The summed E-state index contributed by atoms with van der Waals surface area (Å²) in [5, 5.41) is 12.2. The van der Waals surface area contributed by atoms with Crippen molar-refractivity contribution in [2.24, 2.45) is 16.7 Å². The van der Waals surface area contributed by atoms with E-state index >= 15 is 0 Å². The van der Waals surface area contributed by atoms with E-state index in [4.69, 9.17) is 0 Å². The van der Waals surface area contributed by atoms with E-state index in [9.17, 15) is 14.4 Å². The highest BCUT2D eigenvalue weighted by atomic mass is 32.1. The Morgan fingerprint density at radius 3 is 2.74 bits per heavy atom. The zero-order chi connectivity index (χ0) is 19.8. The molecule has 1 saturated heterocycles. The first-order valence-electron chi connectivity index (χ1n) is 9.68. The molecule has 2 bridgehead atoms. The number of imide groups is 1. The monoisotopic (exact) mass is 392 g/mol. The van der Waals surface area contributed by atoms with Crippen LogP contribution < -0.4 is 5.32 Å². The Labute approximate surface area is 163 Å². The Balaban J connectivity index is 1.53. The van der Waals surface area contributed by atoms with Crippen LogP contribution in [-0.2, 0) is 20.8 Å². The number of anilines is 1. The van der Waals surface area contributed by atoms with Gasteiger partial charge in [-0.25, -0.2) is 0 Å². The Kier molecular flexibility index (Phi) is 5.38. The molecule has 0 aromatic carbocycles. The standard InChI is InChI=1S/C19H28N4O3S/c1-5-7-14-21-22-17(27-14)20-13(24)8-6-11-23-15(25)12-9-10-19(4,16(23)26)18(12,2)3/h12H,5-11H2,1-4H3,(H,20,22,24). The first kappa shape index (κ1) is 19.9. The number of nitrogens with one attached hydrogen (secondary N) is 1. The summed E-state index contributed by atoms with van der Waals surface area (Å²) in [6, 6.07) is 0. The average Bonchev–Trinajstić information content (AvgIpc) is 3.10. The summed E-state index contributed by atoms with van der Waals surface area (Å²) in [4.78, 5) is 39.2. The number of rotatable bonds is 7. The number of hydrogen-bond donors (Lipinski definition) is 1. The maximum absolute atomic E-state index is 12.9. The van der Waals surface area contributed by atoms with Crippen molar-refractivity contribution in [3.63, 3.8) is 0 Å². The van der Waals surface area contributed by atoms with Crippen molar-refractivity contribution in [1.29, 1.82) is 0 Å². The number of hydrogen-bond acceptors (Lipinski definition) is 6. The molecular weight excluding hydrogens is 364 g/mol. The molecule has 2 unspecified atom stereocenters. The third kappa shape index (κ3) is 3.39. The second kappa shape index (κ2) is 7.30. The van der Waals surface area contributed by atoms with Crippen molar-refractivity contribution in [1.82, 2.24) is 15.1 Å². The minimum Gasteiger partial charge on any atom is -0.301 e. The molecule has 1 aromatic heterocycles. The lowest BCUT2D eigenvalue weighted by atomic mass is 9.62. The van der Waals surface area contributed by atoms with Gasteiger partial charge in [0.2, 0.25) is 22.9 Å². The highest BCUT2D eigenvalue weighted by Gasteiger charge is 2.64. The molecule has 1 saturated carbocycles. The van der Waals surface area contributed by atoms with Crippen LogP contribution in [0, 0.1) is 16.7 Å². The molecular formula is C19H28N4O3S. The molecule has 148 valence electrons. The lowest BCUT2D eigenvalue weighted by molar-refractivity contribution is -0.168. The molecule has 8 heteroatoms. The first-order chi connectivity index (χ1) is 12.7. The molecule has 3 rings (SSSR count). The van der Waals surface area contributed by atoms with E-state index in [2.05, 4.69) is 22.4 Å². The molecule has 7 nitrogen and oxygen atoms in total. The SMILES string of the molecule is CCCc1nnc(NC(=O)CCCN2C(=O)C3CCC(C)(C2=O)C3(C)C)s1. The minimum atomic E-state index is -0.490. The van der Waals surface area contributed by atoms with Crippen molar-refractivity contribution in [2.45, 2.75) is 66.2 Å². The Hall–Kier alpha value is -1.83. The number of likely N-dealkylation sites (tertiary alicyclic amines) is 1. The fourth-order valence-corrected chi connectivity index (χ4v) is 5.17. The molecule has 0 spiro atoms. The maximum atomic E-state index is 12.9. The Morgan fingerprint density at radius 1 is 1.30 bits per heavy atom. The summed E-state index contributed by atoms with van der Waals surface area (Å²) in [5.41, 5.74) is -0.793. The van der Waals surface area contributed by atoms with Crippen LogP contribution in [0.25, 0.3) is 0 Å². The molecule has 2 aliphatic rings. The van der Waals surface area contributed by atoms with E-state index in [1.54, 1.807) is 0 Å². The summed E-state index contributed by atoms with van der Waals surface area (Å²) in [6.45, 7) is 8.39. The van der Waals surface area contributed by atoms with E-state index < -0.39 is 5.41 Å². The van der Waals surface area contributed by atoms with Gasteiger partial charge in [-0.15, -0.1) is 10.2 Å². The molecule has 1 aromatic rings. The van der Waals surface area contributed by atoms with Gasteiger partial charge in [-0.2, -0.15) is 0 Å². The van der Waals surface area contributed by atoms with Gasteiger partial charge < -0.3 is 5.32 Å². The highest BCUT2D eigenvalue weighted by molar-refractivity contribution is 7.15. The minimum absolute atomic E-state index is 0.0753. The quantitative estimate of drug-likeness (QED) is 0.720. The van der Waals surface area contributed by atoms with Crippen LogP contribution in [-0.4, -0.2) is 39.4 Å². The van der Waals surface area contributed by atoms with Crippen molar-refractivity contribution >= 4 is 34.2 Å². The van der Waals surface area contributed by atoms with Crippen LogP contribution in [0.15, 0.2) is 0 Å². The van der Waals surface area contributed by atoms with E-state index in [0.29, 0.717) is 18.1 Å². The van der Waals surface area contributed by atoms with Crippen LogP contribution in [0.4, 0.5) is 5.13 Å². The van der Waals surface area contributed by atoms with E-state index in [1.807, 2.05) is 20.8 Å². The number of piperidine rings is 1. The van der Waals surface area contributed by atoms with E-state index in [1.165, 1.54) is 16.2 Å².